The summed E-state index contributed by atoms with van der Waals surface area (Å²) in [6, 6.07) is 15.2. The van der Waals surface area contributed by atoms with Gasteiger partial charge in [0.1, 0.15) is 5.01 Å². The molecule has 156 valence electrons. The molecule has 1 aliphatic rings. The van der Waals surface area contributed by atoms with Crippen molar-refractivity contribution in [3.8, 4) is 0 Å². The summed E-state index contributed by atoms with van der Waals surface area (Å²) in [7, 11) is -3.56. The van der Waals surface area contributed by atoms with Crippen molar-refractivity contribution in [3.05, 3.63) is 69.6 Å². The van der Waals surface area contributed by atoms with E-state index in [1.807, 2.05) is 0 Å². The fourth-order valence-corrected chi connectivity index (χ4v) is 5.85. The largest absolute Gasteiger partial charge is 0.320 e. The number of rotatable bonds is 5. The fourth-order valence-electron chi connectivity index (χ4n) is 3.31. The lowest BCUT2D eigenvalue weighted by atomic mass is 10.0. The summed E-state index contributed by atoms with van der Waals surface area (Å²) in [6.45, 7) is 0.793. The average molecular weight is 463 g/mol. The zero-order chi connectivity index (χ0) is 21.1. The summed E-state index contributed by atoms with van der Waals surface area (Å²) in [6.07, 6.45) is 1.52. The molecular formula is C20H19ClN4O3S2. The first-order valence-corrected chi connectivity index (χ1v) is 12.0. The van der Waals surface area contributed by atoms with E-state index in [0.717, 1.165) is 12.8 Å². The average Bonchev–Trinajstić information content (AvgIpc) is 3.27. The van der Waals surface area contributed by atoms with Crippen molar-refractivity contribution >= 4 is 44.6 Å². The predicted molar refractivity (Wildman–Crippen MR) is 116 cm³/mol. The zero-order valence-corrected chi connectivity index (χ0v) is 18.3. The molecule has 0 aliphatic carbocycles. The Balaban J connectivity index is 1.46. The van der Waals surface area contributed by atoms with Crippen LogP contribution < -0.4 is 5.32 Å². The Morgan fingerprint density at radius 2 is 1.83 bits per heavy atom. The summed E-state index contributed by atoms with van der Waals surface area (Å²) in [4.78, 5) is 12.7. The number of nitrogens with one attached hydrogen (secondary N) is 1. The normalized spacial score (nSPS) is 17.6. The third kappa shape index (κ3) is 4.54. The van der Waals surface area contributed by atoms with Crippen LogP contribution in [-0.4, -0.2) is 41.9 Å². The molecule has 10 heteroatoms. The van der Waals surface area contributed by atoms with Crippen LogP contribution in [0.2, 0.25) is 5.02 Å². The molecule has 0 saturated carbocycles. The molecule has 1 saturated heterocycles. The Labute approximate surface area is 183 Å². The molecule has 4 rings (SSSR count). The van der Waals surface area contributed by atoms with Gasteiger partial charge in [0, 0.05) is 29.7 Å². The maximum absolute atomic E-state index is 12.9. The Kier molecular flexibility index (Phi) is 6.14. The molecule has 0 radical (unpaired) electrons. The van der Waals surface area contributed by atoms with Gasteiger partial charge < -0.3 is 5.32 Å². The molecule has 3 aromatic rings. The number of benzene rings is 2. The predicted octanol–water partition coefficient (Wildman–Crippen LogP) is 4.01. The second kappa shape index (κ2) is 8.81. The Bertz CT molecular complexity index is 1130. The van der Waals surface area contributed by atoms with E-state index in [2.05, 4.69) is 15.5 Å². The number of hydrogen-bond acceptors (Lipinski definition) is 6. The molecule has 1 fully saturated rings. The topological polar surface area (TPSA) is 92.3 Å². The maximum Gasteiger partial charge on any atom is 0.286 e. The lowest BCUT2D eigenvalue weighted by Gasteiger charge is -2.30. The van der Waals surface area contributed by atoms with E-state index < -0.39 is 10.0 Å². The highest BCUT2D eigenvalue weighted by Gasteiger charge is 2.32. The molecule has 0 unspecified atom stereocenters. The minimum absolute atomic E-state index is 0.0909. The van der Waals surface area contributed by atoms with Crippen LogP contribution in [-0.2, 0) is 10.0 Å². The van der Waals surface area contributed by atoms with Crippen molar-refractivity contribution in [2.75, 3.05) is 18.4 Å². The van der Waals surface area contributed by atoms with Gasteiger partial charge in [-0.3, -0.25) is 4.79 Å². The van der Waals surface area contributed by atoms with Crippen LogP contribution in [0.25, 0.3) is 0 Å². The first-order valence-electron chi connectivity index (χ1n) is 9.39. The highest BCUT2D eigenvalue weighted by atomic mass is 35.5. The van der Waals surface area contributed by atoms with E-state index in [0.29, 0.717) is 28.8 Å². The number of sulfonamides is 1. The lowest BCUT2D eigenvalue weighted by Crippen LogP contribution is -2.39. The minimum Gasteiger partial charge on any atom is -0.320 e. The Morgan fingerprint density at radius 1 is 1.10 bits per heavy atom. The van der Waals surface area contributed by atoms with Gasteiger partial charge in [-0.25, -0.2) is 8.42 Å². The van der Waals surface area contributed by atoms with Crippen LogP contribution in [0.3, 0.4) is 0 Å². The number of carbonyl (C=O) groups excluding carboxylic acids is 1. The summed E-state index contributed by atoms with van der Waals surface area (Å²) in [5, 5.41) is 12.4. The molecule has 1 amide bonds. The number of hydrogen-bond donors (Lipinski definition) is 1. The van der Waals surface area contributed by atoms with Crippen molar-refractivity contribution < 1.29 is 13.2 Å². The van der Waals surface area contributed by atoms with E-state index >= 15 is 0 Å². The van der Waals surface area contributed by atoms with Gasteiger partial charge in [-0.2, -0.15) is 4.31 Å². The number of amides is 1. The molecule has 2 aromatic carbocycles. The van der Waals surface area contributed by atoms with Gasteiger partial charge in [-0.15, -0.1) is 10.2 Å². The van der Waals surface area contributed by atoms with Crippen LogP contribution in [0, 0.1) is 0 Å². The minimum atomic E-state index is -3.56. The molecule has 1 N–H and O–H groups in total. The number of aromatic nitrogens is 2. The van der Waals surface area contributed by atoms with E-state index in [-0.39, 0.29) is 21.7 Å². The van der Waals surface area contributed by atoms with Crippen molar-refractivity contribution in [3.63, 3.8) is 0 Å². The molecule has 0 spiro atoms. The second-order valence-corrected chi connectivity index (χ2v) is 10.3. The molecule has 2 heterocycles. The number of piperidine rings is 1. The van der Waals surface area contributed by atoms with Crippen LogP contribution in [0.1, 0.15) is 33.6 Å². The highest BCUT2D eigenvalue weighted by Crippen LogP contribution is 2.32. The summed E-state index contributed by atoms with van der Waals surface area (Å²) < 4.78 is 27.3. The van der Waals surface area contributed by atoms with Gasteiger partial charge in [0.05, 0.1) is 4.90 Å². The number of nitrogens with zero attached hydrogens (tertiary/aromatic N) is 3. The first-order chi connectivity index (χ1) is 14.4. The van der Waals surface area contributed by atoms with Crippen LogP contribution >= 0.6 is 22.9 Å². The number of anilines is 1. The van der Waals surface area contributed by atoms with Crippen LogP contribution in [0.4, 0.5) is 5.69 Å². The Morgan fingerprint density at radius 3 is 2.57 bits per heavy atom. The second-order valence-electron chi connectivity index (χ2n) is 6.92. The highest BCUT2D eigenvalue weighted by molar-refractivity contribution is 7.89. The third-order valence-corrected chi connectivity index (χ3v) is 8.07. The van der Waals surface area contributed by atoms with Crippen LogP contribution in [0.15, 0.2) is 59.5 Å². The summed E-state index contributed by atoms with van der Waals surface area (Å²) in [5.74, 6) is -0.447. The lowest BCUT2D eigenvalue weighted by molar-refractivity contribution is 0.102. The number of halogens is 1. The van der Waals surface area contributed by atoms with Gasteiger partial charge >= 0.3 is 0 Å². The molecule has 7 nitrogen and oxygen atoms in total. The molecule has 1 aromatic heterocycles. The zero-order valence-electron chi connectivity index (χ0n) is 15.9. The van der Waals surface area contributed by atoms with Gasteiger partial charge in [0.15, 0.2) is 0 Å². The maximum atomic E-state index is 12.9. The van der Waals surface area contributed by atoms with E-state index in [1.54, 1.807) is 54.6 Å². The van der Waals surface area contributed by atoms with E-state index in [4.69, 9.17) is 11.6 Å². The fraction of sp³-hybridized carbons (Fsp3) is 0.250. The van der Waals surface area contributed by atoms with Gasteiger partial charge in [-0.1, -0.05) is 41.1 Å². The molecular weight excluding hydrogens is 444 g/mol. The third-order valence-electron chi connectivity index (χ3n) is 4.85. The van der Waals surface area contributed by atoms with Crippen molar-refractivity contribution in [2.45, 2.75) is 23.7 Å². The molecule has 1 atom stereocenters. The summed E-state index contributed by atoms with van der Waals surface area (Å²) >= 11 is 7.05. The summed E-state index contributed by atoms with van der Waals surface area (Å²) in [5.41, 5.74) is 0.610. The van der Waals surface area contributed by atoms with E-state index in [1.165, 1.54) is 15.6 Å². The van der Waals surface area contributed by atoms with Gasteiger partial charge in [0.25, 0.3) is 5.91 Å². The van der Waals surface area contributed by atoms with Crippen molar-refractivity contribution in [1.82, 2.24) is 14.5 Å². The van der Waals surface area contributed by atoms with Crippen LogP contribution in [0.5, 0.6) is 0 Å². The Hall–Kier alpha value is -2.33. The number of carbonyl (C=O) groups is 1. The monoisotopic (exact) mass is 462 g/mol. The standard InChI is InChI=1S/C20H19ClN4O3S2/c21-15-8-10-16(11-9-15)22-18(26)20-24-23-19(29-20)14-5-4-12-25(13-14)30(27,28)17-6-2-1-3-7-17/h1-3,6-11,14H,4-5,12-13H2,(H,22,26)/t14-/m1/s1. The molecule has 0 bridgehead atoms. The van der Waals surface area contributed by atoms with Gasteiger partial charge in [-0.05, 0) is 49.2 Å². The first kappa shape index (κ1) is 20.9. The molecule has 30 heavy (non-hydrogen) atoms. The van der Waals surface area contributed by atoms with Crippen molar-refractivity contribution in [1.29, 1.82) is 0 Å². The van der Waals surface area contributed by atoms with Gasteiger partial charge in [0.2, 0.25) is 15.0 Å². The quantitative estimate of drug-likeness (QED) is 0.618. The SMILES string of the molecule is O=C(Nc1ccc(Cl)cc1)c1nnc([C@@H]2CCCN(S(=O)(=O)c3ccccc3)C2)s1. The van der Waals surface area contributed by atoms with Crippen molar-refractivity contribution in [2.24, 2.45) is 0 Å². The van der Waals surface area contributed by atoms with E-state index in [9.17, 15) is 13.2 Å². The smallest absolute Gasteiger partial charge is 0.286 e. The molecule has 1 aliphatic heterocycles.